The zero-order chi connectivity index (χ0) is 25.4. The maximum absolute atomic E-state index is 12.4. The standard InChI is InChI=1S/C30H50O5/c1-3-5-7-9-11-13-18-22-29(31)34-26-28(25-33-24-27-20-16-15-17-21-27)35-30(32)23-19-14-12-10-8-6-4-2/h15-17,20-21,28H,3-14,18-19,22-26H2,1-2H3. The number of carbonyl (C=O) groups is 2. The molecule has 1 rings (SSSR count). The van der Waals surface area contributed by atoms with Crippen molar-refractivity contribution in [2.45, 2.75) is 129 Å². The summed E-state index contributed by atoms with van der Waals surface area (Å²) in [6.45, 7) is 5.11. The molecule has 5 nitrogen and oxygen atoms in total. The molecule has 0 N–H and O–H groups in total. The van der Waals surface area contributed by atoms with Gasteiger partial charge in [-0.2, -0.15) is 0 Å². The number of esters is 2. The van der Waals surface area contributed by atoms with Gasteiger partial charge in [-0.15, -0.1) is 0 Å². The Morgan fingerprint density at radius 2 is 1.17 bits per heavy atom. The monoisotopic (exact) mass is 490 g/mol. The molecule has 0 fully saturated rings. The zero-order valence-corrected chi connectivity index (χ0v) is 22.4. The number of unbranched alkanes of at least 4 members (excludes halogenated alkanes) is 12. The first-order valence-electron chi connectivity index (χ1n) is 14.1. The molecule has 1 aromatic carbocycles. The van der Waals surface area contributed by atoms with Crippen LogP contribution in [0.5, 0.6) is 0 Å². The van der Waals surface area contributed by atoms with E-state index in [1.807, 2.05) is 30.3 Å². The van der Waals surface area contributed by atoms with E-state index in [1.165, 1.54) is 57.8 Å². The van der Waals surface area contributed by atoms with Crippen molar-refractivity contribution in [3.05, 3.63) is 35.9 Å². The molecule has 0 amide bonds. The lowest BCUT2D eigenvalue weighted by Gasteiger charge is -2.18. The van der Waals surface area contributed by atoms with Crippen molar-refractivity contribution in [1.82, 2.24) is 0 Å². The topological polar surface area (TPSA) is 61.8 Å². The van der Waals surface area contributed by atoms with Crippen LogP contribution in [0.4, 0.5) is 0 Å². The van der Waals surface area contributed by atoms with Crippen LogP contribution < -0.4 is 0 Å². The van der Waals surface area contributed by atoms with Crippen LogP contribution in [0, 0.1) is 0 Å². The van der Waals surface area contributed by atoms with E-state index in [2.05, 4.69) is 13.8 Å². The number of ether oxygens (including phenoxy) is 3. The number of rotatable bonds is 23. The lowest BCUT2D eigenvalue weighted by molar-refractivity contribution is -0.163. The molecule has 0 aromatic heterocycles. The van der Waals surface area contributed by atoms with E-state index < -0.39 is 6.10 Å². The molecular formula is C30H50O5. The van der Waals surface area contributed by atoms with Gasteiger partial charge in [0.15, 0.2) is 6.10 Å². The highest BCUT2D eigenvalue weighted by atomic mass is 16.6. The molecule has 0 bridgehead atoms. The SMILES string of the molecule is CCCCCCCCCC(=O)OCC(COCc1ccccc1)OC(=O)CCCCCCCCC. The van der Waals surface area contributed by atoms with E-state index in [0.717, 1.165) is 37.7 Å². The van der Waals surface area contributed by atoms with Gasteiger partial charge in [0.05, 0.1) is 13.2 Å². The summed E-state index contributed by atoms with van der Waals surface area (Å²) in [7, 11) is 0. The first-order valence-corrected chi connectivity index (χ1v) is 14.1. The second kappa shape index (κ2) is 22.6. The van der Waals surface area contributed by atoms with Crippen molar-refractivity contribution >= 4 is 11.9 Å². The highest BCUT2D eigenvalue weighted by Gasteiger charge is 2.17. The van der Waals surface area contributed by atoms with Gasteiger partial charge < -0.3 is 14.2 Å². The third-order valence-electron chi connectivity index (χ3n) is 6.11. The fraction of sp³-hybridized carbons (Fsp3) is 0.733. The van der Waals surface area contributed by atoms with E-state index in [0.29, 0.717) is 19.4 Å². The van der Waals surface area contributed by atoms with Crippen LogP contribution >= 0.6 is 0 Å². The average Bonchev–Trinajstić information content (AvgIpc) is 2.86. The van der Waals surface area contributed by atoms with E-state index in [-0.39, 0.29) is 25.2 Å². The molecule has 0 aliphatic carbocycles. The quantitative estimate of drug-likeness (QED) is 0.115. The molecule has 1 unspecified atom stereocenters. The van der Waals surface area contributed by atoms with Crippen molar-refractivity contribution in [2.24, 2.45) is 0 Å². The summed E-state index contributed by atoms with van der Waals surface area (Å²) in [5.74, 6) is -0.468. The van der Waals surface area contributed by atoms with Gasteiger partial charge in [0.1, 0.15) is 6.61 Å². The van der Waals surface area contributed by atoms with Crippen LogP contribution in [-0.2, 0) is 30.4 Å². The van der Waals surface area contributed by atoms with Crippen molar-refractivity contribution in [3.8, 4) is 0 Å². The first kappa shape index (κ1) is 31.2. The zero-order valence-electron chi connectivity index (χ0n) is 22.4. The largest absolute Gasteiger partial charge is 0.462 e. The van der Waals surface area contributed by atoms with Gasteiger partial charge in [-0.05, 0) is 18.4 Å². The van der Waals surface area contributed by atoms with E-state index in [4.69, 9.17) is 14.2 Å². The van der Waals surface area contributed by atoms with Crippen LogP contribution in [0.25, 0.3) is 0 Å². The minimum absolute atomic E-state index is 0.0485. The Hall–Kier alpha value is -1.88. The molecular weight excluding hydrogens is 440 g/mol. The fourth-order valence-corrected chi connectivity index (χ4v) is 3.95. The predicted octanol–water partition coefficient (Wildman–Crippen LogP) is 7.94. The molecule has 1 atom stereocenters. The van der Waals surface area contributed by atoms with Crippen LogP contribution in [0.3, 0.4) is 0 Å². The van der Waals surface area contributed by atoms with Crippen molar-refractivity contribution in [2.75, 3.05) is 13.2 Å². The van der Waals surface area contributed by atoms with Crippen LogP contribution in [0.1, 0.15) is 122 Å². The Bertz CT molecular complexity index is 631. The highest BCUT2D eigenvalue weighted by molar-refractivity contribution is 5.70. The molecule has 35 heavy (non-hydrogen) atoms. The Kier molecular flexibility index (Phi) is 20.1. The average molecular weight is 491 g/mol. The van der Waals surface area contributed by atoms with Gasteiger partial charge in [0, 0.05) is 12.8 Å². The van der Waals surface area contributed by atoms with Crippen molar-refractivity contribution in [3.63, 3.8) is 0 Å². The molecule has 1 aromatic rings. The van der Waals surface area contributed by atoms with E-state index in [9.17, 15) is 9.59 Å². The van der Waals surface area contributed by atoms with Gasteiger partial charge in [0.2, 0.25) is 0 Å². The van der Waals surface area contributed by atoms with Crippen LogP contribution in [0.15, 0.2) is 30.3 Å². The van der Waals surface area contributed by atoms with Crippen molar-refractivity contribution < 1.29 is 23.8 Å². The molecule has 0 heterocycles. The van der Waals surface area contributed by atoms with Crippen molar-refractivity contribution in [1.29, 1.82) is 0 Å². The Morgan fingerprint density at radius 1 is 0.657 bits per heavy atom. The summed E-state index contributed by atoms with van der Waals surface area (Å²) >= 11 is 0. The third-order valence-corrected chi connectivity index (χ3v) is 6.11. The summed E-state index contributed by atoms with van der Waals surface area (Å²) in [6, 6.07) is 9.87. The minimum atomic E-state index is -0.575. The lowest BCUT2D eigenvalue weighted by atomic mass is 10.1. The molecule has 0 radical (unpaired) electrons. The van der Waals surface area contributed by atoms with Gasteiger partial charge in [-0.3, -0.25) is 9.59 Å². The van der Waals surface area contributed by atoms with Gasteiger partial charge in [-0.1, -0.05) is 121 Å². The summed E-state index contributed by atoms with van der Waals surface area (Å²) in [4.78, 5) is 24.5. The maximum Gasteiger partial charge on any atom is 0.306 e. The smallest absolute Gasteiger partial charge is 0.306 e. The highest BCUT2D eigenvalue weighted by Crippen LogP contribution is 2.12. The molecule has 0 saturated heterocycles. The van der Waals surface area contributed by atoms with Crippen LogP contribution in [-0.4, -0.2) is 31.3 Å². The molecule has 0 saturated carbocycles. The second-order valence-electron chi connectivity index (χ2n) is 9.54. The normalized spacial score (nSPS) is 11.8. The fourth-order valence-electron chi connectivity index (χ4n) is 3.95. The molecule has 0 aliphatic heterocycles. The van der Waals surface area contributed by atoms with Gasteiger partial charge in [0.25, 0.3) is 0 Å². The van der Waals surface area contributed by atoms with Gasteiger partial charge in [-0.25, -0.2) is 0 Å². The number of benzene rings is 1. The Morgan fingerprint density at radius 3 is 1.74 bits per heavy atom. The van der Waals surface area contributed by atoms with E-state index in [1.54, 1.807) is 0 Å². The molecule has 0 aliphatic rings. The maximum atomic E-state index is 12.4. The number of hydrogen-bond donors (Lipinski definition) is 0. The minimum Gasteiger partial charge on any atom is -0.462 e. The number of carbonyl (C=O) groups excluding carboxylic acids is 2. The van der Waals surface area contributed by atoms with Crippen LogP contribution in [0.2, 0.25) is 0 Å². The summed E-state index contributed by atoms with van der Waals surface area (Å²) in [5, 5.41) is 0. The second-order valence-corrected chi connectivity index (χ2v) is 9.54. The Balaban J connectivity index is 2.32. The number of hydrogen-bond acceptors (Lipinski definition) is 5. The predicted molar refractivity (Wildman–Crippen MR) is 142 cm³/mol. The van der Waals surface area contributed by atoms with Gasteiger partial charge >= 0.3 is 11.9 Å². The lowest BCUT2D eigenvalue weighted by Crippen LogP contribution is -2.29. The molecule has 5 heteroatoms. The third kappa shape index (κ3) is 19.0. The summed E-state index contributed by atoms with van der Waals surface area (Å²) in [6.07, 6.45) is 16.4. The molecule has 200 valence electrons. The summed E-state index contributed by atoms with van der Waals surface area (Å²) in [5.41, 5.74) is 1.05. The first-order chi connectivity index (χ1) is 17.2. The Labute approximate surface area is 214 Å². The molecule has 0 spiro atoms. The van der Waals surface area contributed by atoms with E-state index >= 15 is 0 Å². The summed E-state index contributed by atoms with van der Waals surface area (Å²) < 4.78 is 16.8.